The van der Waals surface area contributed by atoms with Gasteiger partial charge in [-0.1, -0.05) is 5.92 Å². The Morgan fingerprint density at radius 3 is 2.45 bits per heavy atom. The highest BCUT2D eigenvalue weighted by molar-refractivity contribution is 5.98. The first kappa shape index (κ1) is 13.9. The third-order valence-corrected chi connectivity index (χ3v) is 3.41. The van der Waals surface area contributed by atoms with Gasteiger partial charge in [-0.25, -0.2) is 4.79 Å². The van der Waals surface area contributed by atoms with Crippen LogP contribution in [0.3, 0.4) is 0 Å². The highest BCUT2D eigenvalue weighted by Crippen LogP contribution is 2.32. The minimum Gasteiger partial charge on any atom is -0.481 e. The molecule has 1 aromatic carbocycles. The molecule has 0 spiro atoms. The fourth-order valence-corrected chi connectivity index (χ4v) is 2.04. The van der Waals surface area contributed by atoms with Gasteiger partial charge in [0.15, 0.2) is 0 Å². The van der Waals surface area contributed by atoms with Crippen molar-refractivity contribution in [3.63, 3.8) is 0 Å². The molecule has 104 valence electrons. The first-order chi connectivity index (χ1) is 9.57. The predicted octanol–water partition coefficient (Wildman–Crippen LogP) is 1.44. The molecule has 0 atom stereocenters. The van der Waals surface area contributed by atoms with E-state index in [1.807, 2.05) is 0 Å². The van der Waals surface area contributed by atoms with E-state index in [2.05, 4.69) is 11.2 Å². The van der Waals surface area contributed by atoms with Crippen LogP contribution >= 0.6 is 0 Å². The number of nitrogens with one attached hydrogen (secondary N) is 1. The second kappa shape index (κ2) is 5.66. The molecular formula is C15H15NO4. The van der Waals surface area contributed by atoms with Gasteiger partial charge in [0.05, 0.1) is 0 Å². The van der Waals surface area contributed by atoms with Crippen molar-refractivity contribution in [2.45, 2.75) is 24.8 Å². The summed E-state index contributed by atoms with van der Waals surface area (Å²) in [6.45, 7) is 0.160. The summed E-state index contributed by atoms with van der Waals surface area (Å²) in [5.41, 5.74) is -0.707. The van der Waals surface area contributed by atoms with E-state index in [4.69, 9.17) is 16.3 Å². The number of terminal acetylenes is 1. The molecule has 20 heavy (non-hydrogen) atoms. The smallest absolute Gasteiger partial charge is 0.329 e. The number of amides is 1. The number of benzene rings is 1. The molecule has 1 amide bonds. The molecule has 0 radical (unpaired) electrons. The molecule has 1 aliphatic rings. The zero-order valence-corrected chi connectivity index (χ0v) is 10.9. The van der Waals surface area contributed by atoms with E-state index in [1.165, 1.54) is 0 Å². The first-order valence-electron chi connectivity index (χ1n) is 6.30. The van der Waals surface area contributed by atoms with Crippen LogP contribution in [0.15, 0.2) is 24.3 Å². The van der Waals surface area contributed by atoms with Crippen LogP contribution in [0.1, 0.15) is 29.6 Å². The molecule has 1 aliphatic carbocycles. The van der Waals surface area contributed by atoms with Gasteiger partial charge in [-0.3, -0.25) is 4.79 Å². The number of hydrogen-bond donors (Lipinski definition) is 2. The largest absolute Gasteiger partial charge is 0.481 e. The van der Waals surface area contributed by atoms with Crippen molar-refractivity contribution in [2.75, 3.05) is 6.61 Å². The lowest BCUT2D eigenvalue weighted by Gasteiger charge is -2.38. The Labute approximate surface area is 116 Å². The molecule has 2 rings (SSSR count). The van der Waals surface area contributed by atoms with E-state index in [9.17, 15) is 9.59 Å². The molecule has 2 N–H and O–H groups in total. The van der Waals surface area contributed by atoms with Gasteiger partial charge in [-0.15, -0.1) is 6.42 Å². The topological polar surface area (TPSA) is 75.6 Å². The van der Waals surface area contributed by atoms with Crippen LogP contribution in [-0.2, 0) is 4.79 Å². The molecule has 0 unspecified atom stereocenters. The van der Waals surface area contributed by atoms with Gasteiger partial charge in [0.25, 0.3) is 5.91 Å². The van der Waals surface area contributed by atoms with Crippen LogP contribution in [0, 0.1) is 12.3 Å². The van der Waals surface area contributed by atoms with Crippen LogP contribution in [0.2, 0.25) is 0 Å². The summed E-state index contributed by atoms with van der Waals surface area (Å²) < 4.78 is 5.20. The summed E-state index contributed by atoms with van der Waals surface area (Å²) in [5.74, 6) is 1.54. The van der Waals surface area contributed by atoms with Crippen molar-refractivity contribution >= 4 is 11.9 Å². The van der Waals surface area contributed by atoms with Gasteiger partial charge >= 0.3 is 5.97 Å². The van der Waals surface area contributed by atoms with E-state index in [0.29, 0.717) is 24.2 Å². The van der Waals surface area contributed by atoms with E-state index in [0.717, 1.165) is 6.42 Å². The number of aliphatic carboxylic acids is 1. The first-order valence-corrected chi connectivity index (χ1v) is 6.30. The Morgan fingerprint density at radius 1 is 1.35 bits per heavy atom. The molecule has 0 heterocycles. The quantitative estimate of drug-likeness (QED) is 0.796. The minimum atomic E-state index is -1.10. The van der Waals surface area contributed by atoms with Crippen molar-refractivity contribution in [1.29, 1.82) is 0 Å². The second-order valence-corrected chi connectivity index (χ2v) is 4.71. The van der Waals surface area contributed by atoms with E-state index >= 15 is 0 Å². The fourth-order valence-electron chi connectivity index (χ4n) is 2.04. The number of rotatable bonds is 5. The lowest BCUT2D eigenvalue weighted by Crippen LogP contribution is -2.59. The fraction of sp³-hybridized carbons (Fsp3) is 0.333. The Balaban J connectivity index is 2.02. The molecule has 0 saturated heterocycles. The summed E-state index contributed by atoms with van der Waals surface area (Å²) in [7, 11) is 0. The highest BCUT2D eigenvalue weighted by atomic mass is 16.5. The number of carbonyl (C=O) groups excluding carboxylic acids is 1. The maximum Gasteiger partial charge on any atom is 0.329 e. The SMILES string of the molecule is C#CCOc1ccc(C(=O)NC2(C(=O)O)CCC2)cc1. The summed E-state index contributed by atoms with van der Waals surface area (Å²) >= 11 is 0. The van der Waals surface area contributed by atoms with Gasteiger partial charge in [0.2, 0.25) is 0 Å². The lowest BCUT2D eigenvalue weighted by atomic mass is 9.76. The number of carboxylic acids is 1. The van der Waals surface area contributed by atoms with Crippen LogP contribution in [0.5, 0.6) is 5.75 Å². The van der Waals surface area contributed by atoms with Gasteiger partial charge in [-0.2, -0.15) is 0 Å². The zero-order chi connectivity index (χ0) is 14.6. The average molecular weight is 273 g/mol. The van der Waals surface area contributed by atoms with E-state index in [1.54, 1.807) is 24.3 Å². The third kappa shape index (κ3) is 2.75. The Kier molecular flexibility index (Phi) is 3.94. The molecule has 0 aromatic heterocycles. The van der Waals surface area contributed by atoms with Crippen LogP contribution < -0.4 is 10.1 Å². The maximum atomic E-state index is 12.0. The van der Waals surface area contributed by atoms with Crippen molar-refractivity contribution in [2.24, 2.45) is 0 Å². The minimum absolute atomic E-state index is 0.160. The molecule has 1 aromatic rings. The van der Waals surface area contributed by atoms with Crippen molar-refractivity contribution in [1.82, 2.24) is 5.32 Å². The highest BCUT2D eigenvalue weighted by Gasteiger charge is 2.45. The van der Waals surface area contributed by atoms with E-state index < -0.39 is 17.4 Å². The monoisotopic (exact) mass is 273 g/mol. The average Bonchev–Trinajstić information content (AvgIpc) is 2.40. The molecule has 5 nitrogen and oxygen atoms in total. The number of carbonyl (C=O) groups is 2. The number of ether oxygens (including phenoxy) is 1. The van der Waals surface area contributed by atoms with Gasteiger partial charge in [0, 0.05) is 5.56 Å². The standard InChI is InChI=1S/C15H15NO4/c1-2-10-20-12-6-4-11(5-7-12)13(17)16-15(14(18)19)8-3-9-15/h1,4-7H,3,8-10H2,(H,16,17)(H,18,19). The van der Waals surface area contributed by atoms with Crippen LogP contribution in [-0.4, -0.2) is 29.1 Å². The summed E-state index contributed by atoms with van der Waals surface area (Å²) in [6.07, 6.45) is 6.83. The Hall–Kier alpha value is -2.48. The van der Waals surface area contributed by atoms with Gasteiger partial charge in [-0.05, 0) is 43.5 Å². The maximum absolute atomic E-state index is 12.0. The molecule has 5 heteroatoms. The summed E-state index contributed by atoms with van der Waals surface area (Å²) in [4.78, 5) is 23.2. The third-order valence-electron chi connectivity index (χ3n) is 3.41. The van der Waals surface area contributed by atoms with Gasteiger partial charge in [0.1, 0.15) is 17.9 Å². The normalized spacial score (nSPS) is 15.6. The molecule has 0 aliphatic heterocycles. The van der Waals surface area contributed by atoms with Crippen LogP contribution in [0.4, 0.5) is 0 Å². The number of carboxylic acid groups (broad SMARTS) is 1. The lowest BCUT2D eigenvalue weighted by molar-refractivity contribution is -0.148. The number of hydrogen-bond acceptors (Lipinski definition) is 3. The summed E-state index contributed by atoms with van der Waals surface area (Å²) in [5, 5.41) is 11.8. The molecule has 0 bridgehead atoms. The molecule has 1 fully saturated rings. The van der Waals surface area contributed by atoms with Gasteiger partial charge < -0.3 is 15.2 Å². The predicted molar refractivity (Wildman–Crippen MR) is 72.5 cm³/mol. The van der Waals surface area contributed by atoms with Crippen LogP contribution in [0.25, 0.3) is 0 Å². The zero-order valence-electron chi connectivity index (χ0n) is 10.9. The van der Waals surface area contributed by atoms with Crippen molar-refractivity contribution < 1.29 is 19.4 Å². The summed E-state index contributed by atoms with van der Waals surface area (Å²) in [6, 6.07) is 6.41. The Bertz CT molecular complexity index is 552. The molecular weight excluding hydrogens is 258 g/mol. The second-order valence-electron chi connectivity index (χ2n) is 4.71. The Morgan fingerprint density at radius 2 is 2.00 bits per heavy atom. The molecule has 1 saturated carbocycles. The van der Waals surface area contributed by atoms with Crippen molar-refractivity contribution in [3.8, 4) is 18.1 Å². The van der Waals surface area contributed by atoms with E-state index in [-0.39, 0.29) is 6.61 Å². The van der Waals surface area contributed by atoms with Crippen molar-refractivity contribution in [3.05, 3.63) is 29.8 Å².